The molecule has 0 amide bonds. The Morgan fingerprint density at radius 3 is 2.38 bits per heavy atom. The van der Waals surface area contributed by atoms with Crippen LogP contribution in [0.5, 0.6) is 5.75 Å². The minimum absolute atomic E-state index is 0.228. The molecular weight excluding hydrogens is 221 g/mol. The van der Waals surface area contributed by atoms with Gasteiger partial charge in [0.1, 0.15) is 5.75 Å². The third-order valence-corrected chi connectivity index (χ3v) is 1.82. The van der Waals surface area contributed by atoms with E-state index < -0.39 is 18.6 Å². The summed E-state index contributed by atoms with van der Waals surface area (Å²) in [4.78, 5) is 11.1. The van der Waals surface area contributed by atoms with Gasteiger partial charge in [0.2, 0.25) is 0 Å². The normalized spacial score (nSPS) is 11.2. The van der Waals surface area contributed by atoms with Gasteiger partial charge in [-0.1, -0.05) is 18.2 Å². The molecule has 0 radical (unpaired) electrons. The molecule has 0 aromatic heterocycles. The number of halogens is 3. The molecule has 0 bridgehead atoms. The van der Waals surface area contributed by atoms with E-state index in [2.05, 4.69) is 0 Å². The topological polar surface area (TPSA) is 26.3 Å². The molecule has 0 unspecified atom stereocenters. The second kappa shape index (κ2) is 5.53. The quantitative estimate of drug-likeness (QED) is 0.588. The van der Waals surface area contributed by atoms with Crippen LogP contribution in [0.4, 0.5) is 13.2 Å². The number of carbonyl (C=O) groups is 1. The molecule has 16 heavy (non-hydrogen) atoms. The van der Waals surface area contributed by atoms with E-state index in [4.69, 9.17) is 4.74 Å². The van der Waals surface area contributed by atoms with E-state index in [1.807, 2.05) is 0 Å². The number of rotatable bonds is 4. The van der Waals surface area contributed by atoms with Crippen LogP contribution in [0.25, 0.3) is 0 Å². The van der Waals surface area contributed by atoms with Gasteiger partial charge in [0.05, 0.1) is 0 Å². The van der Waals surface area contributed by atoms with E-state index in [1.54, 1.807) is 30.3 Å². The minimum atomic E-state index is -4.22. The van der Waals surface area contributed by atoms with E-state index in [1.165, 1.54) is 0 Å². The lowest BCUT2D eigenvalue weighted by Gasteiger charge is -2.06. The van der Waals surface area contributed by atoms with E-state index in [9.17, 15) is 18.0 Å². The van der Waals surface area contributed by atoms with E-state index >= 15 is 0 Å². The summed E-state index contributed by atoms with van der Waals surface area (Å²) in [7, 11) is 0. The first-order valence-electron chi connectivity index (χ1n) is 4.80. The first-order chi connectivity index (χ1) is 7.47. The van der Waals surface area contributed by atoms with Gasteiger partial charge < -0.3 is 4.74 Å². The summed E-state index contributed by atoms with van der Waals surface area (Å²) < 4.78 is 40.2. The fourth-order valence-electron chi connectivity index (χ4n) is 1.10. The largest absolute Gasteiger partial charge is 0.427 e. The van der Waals surface area contributed by atoms with Crippen LogP contribution in [0.15, 0.2) is 30.3 Å². The second-order valence-electron chi connectivity index (χ2n) is 3.26. The Morgan fingerprint density at radius 2 is 1.81 bits per heavy atom. The van der Waals surface area contributed by atoms with E-state index in [-0.39, 0.29) is 12.8 Å². The molecule has 0 saturated carbocycles. The number of alkyl halides is 3. The van der Waals surface area contributed by atoms with Crippen molar-refractivity contribution in [3.8, 4) is 5.75 Å². The summed E-state index contributed by atoms with van der Waals surface area (Å²) in [5.41, 5.74) is 0. The summed E-state index contributed by atoms with van der Waals surface area (Å²) in [6.07, 6.45) is -5.65. The van der Waals surface area contributed by atoms with Crippen molar-refractivity contribution < 1.29 is 22.7 Å². The number of carbonyl (C=O) groups excluding carboxylic acids is 1. The van der Waals surface area contributed by atoms with E-state index in [0.29, 0.717) is 5.75 Å². The van der Waals surface area contributed by atoms with Crippen molar-refractivity contribution in [3.05, 3.63) is 30.3 Å². The van der Waals surface area contributed by atoms with Crippen molar-refractivity contribution in [1.29, 1.82) is 0 Å². The predicted octanol–water partition coefficient (Wildman–Crippen LogP) is 3.32. The molecular formula is C11H11F3O2. The first-order valence-corrected chi connectivity index (χ1v) is 4.80. The lowest BCUT2D eigenvalue weighted by Crippen LogP contribution is -2.11. The van der Waals surface area contributed by atoms with Crippen molar-refractivity contribution in [2.24, 2.45) is 0 Å². The van der Waals surface area contributed by atoms with Gasteiger partial charge in [0, 0.05) is 12.8 Å². The summed E-state index contributed by atoms with van der Waals surface area (Å²) in [5, 5.41) is 0. The van der Waals surface area contributed by atoms with Gasteiger partial charge in [-0.05, 0) is 18.6 Å². The number of ether oxygens (including phenoxy) is 1. The van der Waals surface area contributed by atoms with Crippen LogP contribution in [-0.4, -0.2) is 12.1 Å². The highest BCUT2D eigenvalue weighted by Crippen LogP contribution is 2.22. The van der Waals surface area contributed by atoms with Crippen LogP contribution >= 0.6 is 0 Å². The fraction of sp³-hybridized carbons (Fsp3) is 0.364. The zero-order chi connectivity index (χ0) is 12.0. The van der Waals surface area contributed by atoms with Crippen LogP contribution in [0.2, 0.25) is 0 Å². The summed E-state index contributed by atoms with van der Waals surface area (Å²) in [5.74, 6) is -0.296. The lowest BCUT2D eigenvalue weighted by atomic mass is 10.2. The Labute approximate surface area is 91.0 Å². The van der Waals surface area contributed by atoms with Crippen molar-refractivity contribution in [2.75, 3.05) is 0 Å². The zero-order valence-corrected chi connectivity index (χ0v) is 8.46. The number of esters is 1. The number of hydrogen-bond donors (Lipinski definition) is 0. The van der Waals surface area contributed by atoms with Crippen molar-refractivity contribution in [3.63, 3.8) is 0 Å². The van der Waals surface area contributed by atoms with Gasteiger partial charge in [0.25, 0.3) is 0 Å². The molecule has 5 heteroatoms. The van der Waals surface area contributed by atoms with Gasteiger partial charge in [-0.2, -0.15) is 13.2 Å². The predicted molar refractivity (Wildman–Crippen MR) is 52.0 cm³/mol. The second-order valence-corrected chi connectivity index (χ2v) is 3.26. The van der Waals surface area contributed by atoms with Crippen LogP contribution in [0, 0.1) is 0 Å². The minimum Gasteiger partial charge on any atom is -0.427 e. The molecule has 2 nitrogen and oxygen atoms in total. The van der Waals surface area contributed by atoms with Gasteiger partial charge in [0.15, 0.2) is 0 Å². The van der Waals surface area contributed by atoms with Crippen LogP contribution in [0.3, 0.4) is 0 Å². The smallest absolute Gasteiger partial charge is 0.389 e. The Morgan fingerprint density at radius 1 is 1.19 bits per heavy atom. The Bertz CT molecular complexity index is 333. The van der Waals surface area contributed by atoms with Crippen LogP contribution < -0.4 is 4.74 Å². The Kier molecular flexibility index (Phi) is 4.34. The van der Waals surface area contributed by atoms with E-state index in [0.717, 1.165) is 0 Å². The maximum atomic E-state index is 11.8. The Balaban J connectivity index is 2.27. The standard InChI is InChI=1S/C11H11F3O2/c12-11(13,14)8-4-7-10(15)16-9-5-2-1-3-6-9/h1-3,5-6H,4,7-8H2. The third kappa shape index (κ3) is 5.38. The molecule has 88 valence electrons. The van der Waals surface area contributed by atoms with Crippen LogP contribution in [-0.2, 0) is 4.79 Å². The van der Waals surface area contributed by atoms with Gasteiger partial charge in [-0.3, -0.25) is 4.79 Å². The highest BCUT2D eigenvalue weighted by Gasteiger charge is 2.26. The molecule has 1 aromatic rings. The zero-order valence-electron chi connectivity index (χ0n) is 8.46. The number of para-hydroxylation sites is 1. The number of benzene rings is 1. The first kappa shape index (κ1) is 12.5. The molecule has 0 atom stereocenters. The summed E-state index contributed by atoms with van der Waals surface area (Å²) in [6.45, 7) is 0. The van der Waals surface area contributed by atoms with Gasteiger partial charge in [-0.25, -0.2) is 0 Å². The molecule has 0 N–H and O–H groups in total. The molecule has 0 spiro atoms. The summed E-state index contributed by atoms with van der Waals surface area (Å²) in [6, 6.07) is 8.25. The molecule has 0 heterocycles. The highest BCUT2D eigenvalue weighted by molar-refractivity contribution is 5.72. The highest BCUT2D eigenvalue weighted by atomic mass is 19.4. The van der Waals surface area contributed by atoms with Gasteiger partial charge >= 0.3 is 12.1 Å². The van der Waals surface area contributed by atoms with Crippen LogP contribution in [0.1, 0.15) is 19.3 Å². The third-order valence-electron chi connectivity index (χ3n) is 1.82. The molecule has 1 aromatic carbocycles. The van der Waals surface area contributed by atoms with Gasteiger partial charge in [-0.15, -0.1) is 0 Å². The SMILES string of the molecule is O=C(CCCC(F)(F)F)Oc1ccccc1. The Hall–Kier alpha value is -1.52. The average Bonchev–Trinajstić information content (AvgIpc) is 2.17. The maximum Gasteiger partial charge on any atom is 0.389 e. The molecule has 0 aliphatic carbocycles. The monoisotopic (exact) mass is 232 g/mol. The molecule has 0 saturated heterocycles. The fourth-order valence-corrected chi connectivity index (χ4v) is 1.10. The molecule has 0 fully saturated rings. The maximum absolute atomic E-state index is 11.8. The summed E-state index contributed by atoms with van der Waals surface area (Å²) >= 11 is 0. The molecule has 0 aliphatic heterocycles. The van der Waals surface area contributed by atoms with Crippen molar-refractivity contribution in [2.45, 2.75) is 25.4 Å². The van der Waals surface area contributed by atoms with Crippen molar-refractivity contribution in [1.82, 2.24) is 0 Å². The van der Waals surface area contributed by atoms with Crippen molar-refractivity contribution >= 4 is 5.97 Å². The lowest BCUT2D eigenvalue weighted by molar-refractivity contribution is -0.141. The number of hydrogen-bond acceptors (Lipinski definition) is 2. The molecule has 0 aliphatic rings. The average molecular weight is 232 g/mol. The molecule has 1 rings (SSSR count).